The van der Waals surface area contributed by atoms with Gasteiger partial charge in [0.05, 0.1) is 0 Å². The van der Waals surface area contributed by atoms with Crippen LogP contribution in [0, 0.1) is 5.92 Å². The number of hydrogen-bond acceptors (Lipinski definition) is 5. The van der Waals surface area contributed by atoms with Crippen LogP contribution in [0.3, 0.4) is 0 Å². The second-order valence-corrected chi connectivity index (χ2v) is 5.71. The summed E-state index contributed by atoms with van der Waals surface area (Å²) in [7, 11) is 0. The zero-order chi connectivity index (χ0) is 14.0. The number of aromatic nitrogens is 2. The molecule has 0 saturated heterocycles. The molecular formula is C13H19N3O3. The van der Waals surface area contributed by atoms with Crippen LogP contribution in [-0.4, -0.2) is 33.4 Å². The molecular weight excluding hydrogens is 246 g/mol. The van der Waals surface area contributed by atoms with Gasteiger partial charge in [0.25, 0.3) is 0 Å². The smallest absolute Gasteiger partial charge is 0.413 e. The third-order valence-corrected chi connectivity index (χ3v) is 2.79. The summed E-state index contributed by atoms with van der Waals surface area (Å²) in [6, 6.07) is 1.61. The molecule has 2 atom stereocenters. The van der Waals surface area contributed by atoms with Crippen molar-refractivity contribution >= 4 is 11.9 Å². The topological polar surface area (TPSA) is 84.3 Å². The Morgan fingerprint density at radius 2 is 2.32 bits per heavy atom. The monoisotopic (exact) mass is 265 g/mol. The Hall–Kier alpha value is -1.69. The van der Waals surface area contributed by atoms with Gasteiger partial charge in [0.15, 0.2) is 0 Å². The molecule has 0 aromatic carbocycles. The van der Waals surface area contributed by atoms with E-state index in [9.17, 15) is 4.79 Å². The van der Waals surface area contributed by atoms with Gasteiger partial charge in [-0.15, -0.1) is 0 Å². The molecule has 1 saturated carbocycles. The van der Waals surface area contributed by atoms with Crippen molar-refractivity contribution in [3.8, 4) is 0 Å². The Labute approximate surface area is 112 Å². The quantitative estimate of drug-likeness (QED) is 0.872. The summed E-state index contributed by atoms with van der Waals surface area (Å²) >= 11 is 0. The Morgan fingerprint density at radius 3 is 2.89 bits per heavy atom. The van der Waals surface area contributed by atoms with Crippen molar-refractivity contribution in [2.75, 3.05) is 11.9 Å². The van der Waals surface area contributed by atoms with Crippen molar-refractivity contribution in [1.82, 2.24) is 9.97 Å². The molecule has 1 fully saturated rings. The lowest BCUT2D eigenvalue weighted by molar-refractivity contribution is 0.0635. The van der Waals surface area contributed by atoms with Crippen molar-refractivity contribution in [2.45, 2.75) is 38.7 Å². The van der Waals surface area contributed by atoms with E-state index in [1.165, 1.54) is 0 Å². The van der Waals surface area contributed by atoms with Gasteiger partial charge in [-0.2, -0.15) is 0 Å². The molecule has 0 spiro atoms. The van der Waals surface area contributed by atoms with Gasteiger partial charge >= 0.3 is 6.09 Å². The number of nitrogens with one attached hydrogen (secondary N) is 1. The largest absolute Gasteiger partial charge is 0.444 e. The molecule has 0 aliphatic heterocycles. The molecule has 1 aromatic rings. The lowest BCUT2D eigenvalue weighted by atomic mass is 10.2. The van der Waals surface area contributed by atoms with Crippen molar-refractivity contribution in [3.05, 3.63) is 18.1 Å². The maximum absolute atomic E-state index is 11.6. The highest BCUT2D eigenvalue weighted by atomic mass is 16.6. The third-order valence-electron chi connectivity index (χ3n) is 2.79. The molecule has 1 heterocycles. The Bertz CT molecular complexity index is 470. The number of hydrogen-bond donors (Lipinski definition) is 2. The summed E-state index contributed by atoms with van der Waals surface area (Å²) in [6.45, 7) is 5.55. The lowest BCUT2D eigenvalue weighted by Crippen LogP contribution is -2.27. The molecule has 1 aliphatic carbocycles. The highest BCUT2D eigenvalue weighted by molar-refractivity contribution is 5.83. The maximum Gasteiger partial charge on any atom is 0.413 e. The number of anilines is 1. The molecule has 1 aliphatic rings. The molecule has 104 valence electrons. The van der Waals surface area contributed by atoms with Gasteiger partial charge in [0.2, 0.25) is 0 Å². The second-order valence-electron chi connectivity index (χ2n) is 5.71. The van der Waals surface area contributed by atoms with E-state index in [1.807, 2.05) is 0 Å². The molecule has 2 unspecified atom stereocenters. The summed E-state index contributed by atoms with van der Waals surface area (Å²) in [5, 5.41) is 11.6. The molecule has 6 heteroatoms. The number of aliphatic hydroxyl groups is 1. The minimum Gasteiger partial charge on any atom is -0.444 e. The predicted molar refractivity (Wildman–Crippen MR) is 69.8 cm³/mol. The van der Waals surface area contributed by atoms with Crippen LogP contribution in [0.2, 0.25) is 0 Å². The van der Waals surface area contributed by atoms with E-state index in [2.05, 4.69) is 15.3 Å². The molecule has 1 amide bonds. The molecule has 2 N–H and O–H groups in total. The fourth-order valence-electron chi connectivity index (χ4n) is 1.80. The summed E-state index contributed by atoms with van der Waals surface area (Å²) in [5.74, 6) is 1.53. The minimum absolute atomic E-state index is 0.151. The van der Waals surface area contributed by atoms with E-state index in [0.29, 0.717) is 11.6 Å². The van der Waals surface area contributed by atoms with Gasteiger partial charge < -0.3 is 9.84 Å². The van der Waals surface area contributed by atoms with E-state index in [-0.39, 0.29) is 18.4 Å². The summed E-state index contributed by atoms with van der Waals surface area (Å²) in [5.41, 5.74) is -0.543. The van der Waals surface area contributed by atoms with Gasteiger partial charge in [-0.3, -0.25) is 5.32 Å². The molecule has 2 rings (SSSR count). The van der Waals surface area contributed by atoms with Crippen LogP contribution >= 0.6 is 0 Å². The number of ether oxygens (including phenoxy) is 1. The van der Waals surface area contributed by atoms with E-state index in [0.717, 1.165) is 6.42 Å². The number of nitrogens with zero attached hydrogens (tertiary/aromatic N) is 2. The first-order chi connectivity index (χ1) is 8.89. The Kier molecular flexibility index (Phi) is 3.71. The van der Waals surface area contributed by atoms with Crippen molar-refractivity contribution in [1.29, 1.82) is 0 Å². The highest BCUT2D eigenvalue weighted by Crippen LogP contribution is 2.45. The van der Waals surface area contributed by atoms with Crippen molar-refractivity contribution in [2.24, 2.45) is 5.92 Å². The molecule has 1 aromatic heterocycles. The van der Waals surface area contributed by atoms with Crippen LogP contribution in [0.1, 0.15) is 38.9 Å². The van der Waals surface area contributed by atoms with Crippen LogP contribution in [-0.2, 0) is 4.74 Å². The van der Waals surface area contributed by atoms with Crippen LogP contribution < -0.4 is 5.32 Å². The van der Waals surface area contributed by atoms with E-state index >= 15 is 0 Å². The maximum atomic E-state index is 11.6. The van der Waals surface area contributed by atoms with Crippen LogP contribution in [0.4, 0.5) is 10.6 Å². The van der Waals surface area contributed by atoms with Crippen LogP contribution in [0.5, 0.6) is 0 Å². The zero-order valence-electron chi connectivity index (χ0n) is 11.4. The van der Waals surface area contributed by atoms with Crippen LogP contribution in [0.25, 0.3) is 0 Å². The van der Waals surface area contributed by atoms with Crippen LogP contribution in [0.15, 0.2) is 12.3 Å². The molecule has 6 nitrogen and oxygen atoms in total. The van der Waals surface area contributed by atoms with E-state index in [4.69, 9.17) is 9.84 Å². The predicted octanol–water partition coefficient (Wildman–Crippen LogP) is 1.92. The van der Waals surface area contributed by atoms with Gasteiger partial charge in [0.1, 0.15) is 17.2 Å². The standard InChI is InChI=1S/C13H19N3O3/c1-13(2,3)19-12(18)16-10-4-5-14-11(15-10)9-6-8(9)7-17/h4-5,8-9,17H,6-7H2,1-3H3,(H,14,15,16,18). The average molecular weight is 265 g/mol. The van der Waals surface area contributed by atoms with Gasteiger partial charge in [0, 0.05) is 18.7 Å². The Morgan fingerprint density at radius 1 is 1.58 bits per heavy atom. The number of rotatable bonds is 3. The molecule has 0 bridgehead atoms. The minimum atomic E-state index is -0.543. The first-order valence-electron chi connectivity index (χ1n) is 6.33. The number of amides is 1. The van der Waals surface area contributed by atoms with Gasteiger partial charge in [-0.25, -0.2) is 14.8 Å². The molecule has 0 radical (unpaired) electrons. The van der Waals surface area contributed by atoms with Crippen molar-refractivity contribution in [3.63, 3.8) is 0 Å². The Balaban J connectivity index is 1.98. The fourth-order valence-corrected chi connectivity index (χ4v) is 1.80. The normalized spacial score (nSPS) is 21.9. The third kappa shape index (κ3) is 3.89. The van der Waals surface area contributed by atoms with Gasteiger partial charge in [-0.05, 0) is 39.2 Å². The summed E-state index contributed by atoms with van der Waals surface area (Å²) < 4.78 is 5.15. The molecule has 19 heavy (non-hydrogen) atoms. The fraction of sp³-hybridized carbons (Fsp3) is 0.615. The van der Waals surface area contributed by atoms with Gasteiger partial charge in [-0.1, -0.05) is 0 Å². The van der Waals surface area contributed by atoms with Crippen molar-refractivity contribution < 1.29 is 14.6 Å². The average Bonchev–Trinajstić information content (AvgIpc) is 3.05. The summed E-state index contributed by atoms with van der Waals surface area (Å²) in [6.07, 6.45) is 1.96. The lowest BCUT2D eigenvalue weighted by Gasteiger charge is -2.19. The number of carbonyl (C=O) groups excluding carboxylic acids is 1. The van der Waals surface area contributed by atoms with E-state index in [1.54, 1.807) is 33.0 Å². The number of aliphatic hydroxyl groups excluding tert-OH is 1. The zero-order valence-corrected chi connectivity index (χ0v) is 11.4. The van der Waals surface area contributed by atoms with E-state index < -0.39 is 11.7 Å². The first-order valence-corrected chi connectivity index (χ1v) is 6.33. The highest BCUT2D eigenvalue weighted by Gasteiger charge is 2.40. The first kappa shape index (κ1) is 13.7. The second kappa shape index (κ2) is 5.13. The number of carbonyl (C=O) groups is 1. The SMILES string of the molecule is CC(C)(C)OC(=O)Nc1ccnc(C2CC2CO)n1. The summed E-state index contributed by atoms with van der Waals surface area (Å²) in [4.78, 5) is 20.0.